The minimum absolute atomic E-state index is 0.379. The molecule has 9 nitrogen and oxygen atoms in total. The molecule has 0 unspecified atom stereocenters. The number of carbonyl (C=O) groups excluding carboxylic acids is 2. The molecule has 2 aromatic rings. The molecule has 1 amide bonds. The molecule has 0 spiro atoms. The maximum Gasteiger partial charge on any atom is 0.500 e. The topological polar surface area (TPSA) is 102 Å². The highest BCUT2D eigenvalue weighted by Crippen LogP contribution is 2.23. The molecule has 10 heteroatoms. The second kappa shape index (κ2) is 19.2. The summed E-state index contributed by atoms with van der Waals surface area (Å²) in [5.41, 5.74) is 0.929. The molecule has 0 fully saturated rings. The summed E-state index contributed by atoms with van der Waals surface area (Å²) in [6.07, 6.45) is 7.13. The molecule has 2 aromatic carbocycles. The molecule has 0 atom stereocenters. The fourth-order valence-corrected chi connectivity index (χ4v) is 6.74. The van der Waals surface area contributed by atoms with Crippen LogP contribution in [0.4, 0.5) is 4.79 Å². The van der Waals surface area contributed by atoms with E-state index in [9.17, 15) is 9.59 Å². The maximum absolute atomic E-state index is 12.0. The molecule has 0 radical (unpaired) electrons. The first-order chi connectivity index (χ1) is 19.4. The first-order valence-corrected chi connectivity index (χ1v) is 16.1. The SMILES string of the molecule is CCO[Si](CCCNC(=O)OCCCCCCOc1ccc2cc(C=CC(=O)OC)ccc2c1)(OCC)OCC. The molecular weight excluding hydrogens is 530 g/mol. The van der Waals surface area contributed by atoms with Crippen LogP contribution in [0.3, 0.4) is 0 Å². The Bertz CT molecular complexity index is 1040. The van der Waals surface area contributed by atoms with Crippen molar-refractivity contribution in [2.45, 2.75) is 58.9 Å². The second-order valence-electron chi connectivity index (χ2n) is 9.04. The number of nitrogens with one attached hydrogen (secondary N) is 1. The summed E-state index contributed by atoms with van der Waals surface area (Å²) in [5.74, 6) is 0.449. The van der Waals surface area contributed by atoms with E-state index in [0.717, 1.165) is 47.8 Å². The van der Waals surface area contributed by atoms with Crippen LogP contribution in [0, 0.1) is 0 Å². The van der Waals surface area contributed by atoms with Gasteiger partial charge in [-0.1, -0.05) is 18.2 Å². The fraction of sp³-hybridized carbons (Fsp3) is 0.533. The van der Waals surface area contributed by atoms with Crippen molar-refractivity contribution >= 4 is 37.7 Å². The summed E-state index contributed by atoms with van der Waals surface area (Å²) >= 11 is 0. The number of alkyl carbamates (subject to hydrolysis) is 1. The standard InChI is InChI=1S/C30H45NO8Si/c1-5-37-40(38-6-2,39-7-3)22-12-19-31-30(33)36-21-11-9-8-10-20-35-28-17-16-26-23-25(13-15-27(26)24-28)14-18-29(32)34-4/h13-18,23-24H,5-12,19-22H2,1-4H3,(H,31,33). The Balaban J connectivity index is 1.56. The molecule has 0 aliphatic heterocycles. The van der Waals surface area contributed by atoms with Crippen LogP contribution in [0.25, 0.3) is 16.8 Å². The lowest BCUT2D eigenvalue weighted by atomic mass is 10.1. The van der Waals surface area contributed by atoms with Gasteiger partial charge in [-0.2, -0.15) is 0 Å². The minimum atomic E-state index is -2.68. The summed E-state index contributed by atoms with van der Waals surface area (Å²) in [6, 6.07) is 12.6. The molecule has 222 valence electrons. The zero-order chi connectivity index (χ0) is 29.1. The number of ether oxygens (including phenoxy) is 3. The van der Waals surface area contributed by atoms with Crippen LogP contribution < -0.4 is 10.1 Å². The molecule has 0 aromatic heterocycles. The third-order valence-electron chi connectivity index (χ3n) is 6.01. The van der Waals surface area contributed by atoms with Crippen molar-refractivity contribution in [3.05, 3.63) is 48.0 Å². The minimum Gasteiger partial charge on any atom is -0.494 e. The second-order valence-corrected chi connectivity index (χ2v) is 11.8. The Hall–Kier alpha value is -2.92. The number of amides is 1. The van der Waals surface area contributed by atoms with E-state index in [1.54, 1.807) is 6.08 Å². The van der Waals surface area contributed by atoms with Gasteiger partial charge in [0.1, 0.15) is 5.75 Å². The Kier molecular flexibility index (Phi) is 16.0. The van der Waals surface area contributed by atoms with Crippen molar-refractivity contribution in [2.24, 2.45) is 0 Å². The van der Waals surface area contributed by atoms with Gasteiger partial charge in [-0.05, 0) is 93.5 Å². The van der Waals surface area contributed by atoms with Crippen LogP contribution in [0.2, 0.25) is 6.04 Å². The monoisotopic (exact) mass is 575 g/mol. The van der Waals surface area contributed by atoms with E-state index in [-0.39, 0.29) is 5.97 Å². The third-order valence-corrected chi connectivity index (χ3v) is 9.16. The predicted octanol–water partition coefficient (Wildman–Crippen LogP) is 6.13. The van der Waals surface area contributed by atoms with E-state index in [1.807, 2.05) is 57.2 Å². The van der Waals surface area contributed by atoms with Crippen LogP contribution in [0.1, 0.15) is 58.4 Å². The van der Waals surface area contributed by atoms with Crippen molar-refractivity contribution in [1.82, 2.24) is 5.32 Å². The first-order valence-electron chi connectivity index (χ1n) is 14.2. The van der Waals surface area contributed by atoms with Gasteiger partial charge in [-0.25, -0.2) is 9.59 Å². The molecule has 0 saturated carbocycles. The lowest BCUT2D eigenvalue weighted by Crippen LogP contribution is -2.46. The van der Waals surface area contributed by atoms with Crippen molar-refractivity contribution in [2.75, 3.05) is 46.7 Å². The smallest absolute Gasteiger partial charge is 0.494 e. The molecular formula is C30H45NO8Si. The van der Waals surface area contributed by atoms with E-state index < -0.39 is 14.9 Å². The average molecular weight is 576 g/mol. The third kappa shape index (κ3) is 12.5. The van der Waals surface area contributed by atoms with Crippen LogP contribution in [-0.2, 0) is 27.5 Å². The zero-order valence-electron chi connectivity index (χ0n) is 24.4. The number of methoxy groups -OCH3 is 1. The van der Waals surface area contributed by atoms with E-state index in [1.165, 1.54) is 13.2 Å². The Labute approximate surface area is 239 Å². The number of hydrogen-bond acceptors (Lipinski definition) is 8. The van der Waals surface area contributed by atoms with Gasteiger partial charge in [-0.3, -0.25) is 0 Å². The van der Waals surface area contributed by atoms with Gasteiger partial charge in [0.2, 0.25) is 0 Å². The number of carbonyl (C=O) groups is 2. The van der Waals surface area contributed by atoms with E-state index >= 15 is 0 Å². The van der Waals surface area contributed by atoms with Crippen LogP contribution >= 0.6 is 0 Å². The highest BCUT2D eigenvalue weighted by atomic mass is 28.4. The van der Waals surface area contributed by atoms with Gasteiger partial charge in [0.25, 0.3) is 0 Å². The molecule has 1 N–H and O–H groups in total. The molecule has 0 aliphatic carbocycles. The highest BCUT2D eigenvalue weighted by molar-refractivity contribution is 6.60. The fourth-order valence-electron chi connectivity index (χ4n) is 4.13. The summed E-state index contributed by atoms with van der Waals surface area (Å²) < 4.78 is 33.3. The van der Waals surface area contributed by atoms with Crippen LogP contribution in [-0.4, -0.2) is 67.6 Å². The molecule has 0 aliphatic rings. The van der Waals surface area contributed by atoms with Gasteiger partial charge in [-0.15, -0.1) is 0 Å². The number of esters is 1. The van der Waals surface area contributed by atoms with Crippen LogP contribution in [0.15, 0.2) is 42.5 Å². The normalized spacial score (nSPS) is 11.6. The molecule has 2 rings (SSSR count). The average Bonchev–Trinajstić information content (AvgIpc) is 2.95. The maximum atomic E-state index is 12.0. The summed E-state index contributed by atoms with van der Waals surface area (Å²) in [6.45, 7) is 8.92. The Morgan fingerprint density at radius 1 is 0.825 bits per heavy atom. The number of unbranched alkanes of at least 4 members (excludes halogenated alkanes) is 3. The predicted molar refractivity (Wildman–Crippen MR) is 158 cm³/mol. The molecule has 0 bridgehead atoms. The van der Waals surface area contributed by atoms with E-state index in [2.05, 4.69) is 10.1 Å². The number of hydrogen-bond donors (Lipinski definition) is 1. The number of benzene rings is 2. The van der Waals surface area contributed by atoms with Crippen molar-refractivity contribution in [3.8, 4) is 5.75 Å². The van der Waals surface area contributed by atoms with Gasteiger partial charge in [0.15, 0.2) is 0 Å². The van der Waals surface area contributed by atoms with E-state index in [4.69, 9.17) is 22.8 Å². The highest BCUT2D eigenvalue weighted by Gasteiger charge is 2.39. The van der Waals surface area contributed by atoms with Crippen molar-refractivity contribution in [1.29, 1.82) is 0 Å². The zero-order valence-corrected chi connectivity index (χ0v) is 25.4. The van der Waals surface area contributed by atoms with Crippen molar-refractivity contribution in [3.63, 3.8) is 0 Å². The quantitative estimate of drug-likeness (QED) is 0.0871. The van der Waals surface area contributed by atoms with E-state index in [0.29, 0.717) is 52.0 Å². The molecule has 0 saturated heterocycles. The Morgan fingerprint density at radius 2 is 1.48 bits per heavy atom. The summed E-state index contributed by atoms with van der Waals surface area (Å²) in [4.78, 5) is 23.2. The van der Waals surface area contributed by atoms with Gasteiger partial charge in [0.05, 0.1) is 20.3 Å². The van der Waals surface area contributed by atoms with Crippen molar-refractivity contribution < 1.29 is 37.1 Å². The Morgan fingerprint density at radius 3 is 2.15 bits per heavy atom. The molecule has 40 heavy (non-hydrogen) atoms. The summed E-state index contributed by atoms with van der Waals surface area (Å²) in [5, 5.41) is 4.93. The number of fused-ring (bicyclic) bond motifs is 1. The van der Waals surface area contributed by atoms with Gasteiger partial charge >= 0.3 is 20.9 Å². The largest absolute Gasteiger partial charge is 0.500 e. The van der Waals surface area contributed by atoms with Gasteiger partial charge < -0.3 is 32.8 Å². The molecule has 0 heterocycles. The lowest BCUT2D eigenvalue weighted by molar-refractivity contribution is -0.134. The number of rotatable bonds is 20. The first kappa shape index (κ1) is 33.3. The van der Waals surface area contributed by atoms with Gasteiger partial charge in [0, 0.05) is 38.5 Å². The lowest BCUT2D eigenvalue weighted by Gasteiger charge is -2.28. The summed E-state index contributed by atoms with van der Waals surface area (Å²) in [7, 11) is -1.32. The van der Waals surface area contributed by atoms with Crippen LogP contribution in [0.5, 0.6) is 5.75 Å².